The van der Waals surface area contributed by atoms with Gasteiger partial charge in [-0.2, -0.15) is 13.2 Å². The Kier molecular flexibility index (Phi) is 4.37. The smallest absolute Gasteiger partial charge is 0.430 e. The number of rotatable bonds is 3. The number of carboxylic acid groups (broad SMARTS) is 1. The summed E-state index contributed by atoms with van der Waals surface area (Å²) in [6.45, 7) is -1.14. The second-order valence-corrected chi connectivity index (χ2v) is 4.89. The van der Waals surface area contributed by atoms with Gasteiger partial charge in [-0.15, -0.1) is 0 Å². The summed E-state index contributed by atoms with van der Waals surface area (Å²) in [6, 6.07) is 1.22. The van der Waals surface area contributed by atoms with Crippen molar-refractivity contribution in [3.05, 3.63) is 33.4 Å². The molecule has 0 saturated carbocycles. The average molecular weight is 339 g/mol. The van der Waals surface area contributed by atoms with Crippen LogP contribution in [0.2, 0.25) is 5.02 Å². The number of hydrogen-bond acceptors (Lipinski definition) is 4. The largest absolute Gasteiger partial charge is 0.478 e. The van der Waals surface area contributed by atoms with Gasteiger partial charge in [0.25, 0.3) is 0 Å². The van der Waals surface area contributed by atoms with Crippen LogP contribution in [0.1, 0.15) is 16.7 Å². The number of benzene rings is 1. The Balaban J connectivity index is 2.68. The molecule has 1 atom stereocenters. The highest BCUT2D eigenvalue weighted by Crippen LogP contribution is 2.43. The lowest BCUT2D eigenvalue weighted by Gasteiger charge is -2.28. The van der Waals surface area contributed by atoms with Crippen LogP contribution in [0.25, 0.3) is 6.08 Å². The van der Waals surface area contributed by atoms with Crippen molar-refractivity contribution in [1.82, 2.24) is 0 Å². The number of ether oxygens (including phenoxy) is 1. The molecular weight excluding hydrogens is 329 g/mol. The van der Waals surface area contributed by atoms with Gasteiger partial charge in [-0.25, -0.2) is 4.79 Å². The van der Waals surface area contributed by atoms with E-state index in [-0.39, 0.29) is 27.5 Å². The zero-order valence-corrected chi connectivity index (χ0v) is 11.6. The molecule has 9 heteroatoms. The molecule has 0 aromatic heterocycles. The fourth-order valence-corrected chi connectivity index (χ4v) is 2.46. The van der Waals surface area contributed by atoms with Crippen LogP contribution >= 0.6 is 11.6 Å². The van der Waals surface area contributed by atoms with E-state index in [0.29, 0.717) is 0 Å². The summed E-state index contributed by atoms with van der Waals surface area (Å²) in [5.74, 6) is -2.16. The number of aliphatic hydroxyl groups is 2. The first kappa shape index (κ1) is 16.6. The Hall–Kier alpha value is -1.77. The van der Waals surface area contributed by atoms with E-state index < -0.39 is 37.0 Å². The van der Waals surface area contributed by atoms with Crippen molar-refractivity contribution in [3.8, 4) is 5.75 Å². The molecule has 0 aliphatic carbocycles. The van der Waals surface area contributed by atoms with E-state index in [1.165, 1.54) is 6.07 Å². The average Bonchev–Trinajstić information content (AvgIpc) is 2.44. The van der Waals surface area contributed by atoms with Gasteiger partial charge in [-0.05, 0) is 17.7 Å². The molecule has 22 heavy (non-hydrogen) atoms. The van der Waals surface area contributed by atoms with Crippen molar-refractivity contribution in [2.45, 2.75) is 25.5 Å². The predicted molar refractivity (Wildman–Crippen MR) is 69.4 cm³/mol. The Morgan fingerprint density at radius 1 is 1.32 bits per heavy atom. The van der Waals surface area contributed by atoms with Crippen LogP contribution in [-0.4, -0.2) is 33.6 Å². The number of hydrogen-bond donors (Lipinski definition) is 3. The fraction of sp³-hybridized carbons (Fsp3) is 0.308. The van der Waals surface area contributed by atoms with E-state index in [9.17, 15) is 28.2 Å². The quantitative estimate of drug-likeness (QED) is 0.786. The summed E-state index contributed by atoms with van der Waals surface area (Å²) >= 11 is 5.91. The third-order valence-electron chi connectivity index (χ3n) is 3.15. The van der Waals surface area contributed by atoms with Crippen LogP contribution in [0.5, 0.6) is 5.75 Å². The van der Waals surface area contributed by atoms with Gasteiger partial charge in [0.2, 0.25) is 6.10 Å². The minimum Gasteiger partial charge on any atom is -0.478 e. The van der Waals surface area contributed by atoms with Crippen molar-refractivity contribution >= 4 is 23.6 Å². The van der Waals surface area contributed by atoms with E-state index in [1.54, 1.807) is 0 Å². The topological polar surface area (TPSA) is 87.0 Å². The monoisotopic (exact) mass is 338 g/mol. The maximum atomic E-state index is 12.9. The molecule has 3 N–H and O–H groups in total. The molecule has 1 unspecified atom stereocenters. The van der Waals surface area contributed by atoms with Gasteiger partial charge in [-0.1, -0.05) is 11.6 Å². The number of aliphatic carboxylic acids is 1. The van der Waals surface area contributed by atoms with Crippen LogP contribution in [0, 0.1) is 0 Å². The molecule has 120 valence electrons. The van der Waals surface area contributed by atoms with Gasteiger partial charge in [0.15, 0.2) is 0 Å². The lowest BCUT2D eigenvalue weighted by Crippen LogP contribution is -2.40. The number of halogens is 4. The second kappa shape index (κ2) is 5.79. The molecule has 1 heterocycles. The third-order valence-corrected chi connectivity index (χ3v) is 3.55. The molecule has 1 aliphatic heterocycles. The molecular formula is C13H10ClF3O5. The predicted octanol–water partition coefficient (Wildman–Crippen LogP) is 2.12. The Labute approximate surface area is 127 Å². The zero-order valence-electron chi connectivity index (χ0n) is 10.8. The summed E-state index contributed by atoms with van der Waals surface area (Å²) < 4.78 is 43.6. The molecule has 0 bridgehead atoms. The van der Waals surface area contributed by atoms with E-state index in [1.807, 2.05) is 0 Å². The summed E-state index contributed by atoms with van der Waals surface area (Å²) in [4.78, 5) is 11.0. The molecule has 5 nitrogen and oxygen atoms in total. The van der Waals surface area contributed by atoms with E-state index in [4.69, 9.17) is 21.4 Å². The number of aliphatic hydroxyl groups excluding tert-OH is 2. The van der Waals surface area contributed by atoms with Crippen molar-refractivity contribution < 1.29 is 38.0 Å². The Morgan fingerprint density at radius 3 is 2.41 bits per heavy atom. The summed E-state index contributed by atoms with van der Waals surface area (Å²) in [6.07, 6.45) is -6.81. The van der Waals surface area contributed by atoms with Crippen LogP contribution in [-0.2, 0) is 18.0 Å². The highest BCUT2D eigenvalue weighted by molar-refractivity contribution is 6.33. The molecule has 0 fully saturated rings. The van der Waals surface area contributed by atoms with E-state index in [0.717, 1.165) is 6.08 Å². The van der Waals surface area contributed by atoms with Crippen molar-refractivity contribution in [2.75, 3.05) is 0 Å². The summed E-state index contributed by atoms with van der Waals surface area (Å²) in [5.41, 5.74) is -0.807. The number of carbonyl (C=O) groups is 1. The van der Waals surface area contributed by atoms with E-state index in [2.05, 4.69) is 0 Å². The molecule has 0 saturated heterocycles. The van der Waals surface area contributed by atoms with Crippen LogP contribution in [0.3, 0.4) is 0 Å². The van der Waals surface area contributed by atoms with Gasteiger partial charge in [0, 0.05) is 11.1 Å². The zero-order chi connectivity index (χ0) is 16.7. The molecule has 0 spiro atoms. The van der Waals surface area contributed by atoms with Crippen LogP contribution < -0.4 is 4.74 Å². The van der Waals surface area contributed by atoms with Gasteiger partial charge in [0.1, 0.15) is 5.75 Å². The SMILES string of the molecule is O=C(O)C1=Cc2cc(CO)c(CO)c(Cl)c2OC1C(F)(F)F. The first-order valence-electron chi connectivity index (χ1n) is 5.95. The maximum Gasteiger partial charge on any atom is 0.430 e. The summed E-state index contributed by atoms with van der Waals surface area (Å²) in [7, 11) is 0. The highest BCUT2D eigenvalue weighted by Gasteiger charge is 2.49. The first-order valence-corrected chi connectivity index (χ1v) is 6.32. The highest BCUT2D eigenvalue weighted by atomic mass is 35.5. The molecule has 1 aliphatic rings. The lowest BCUT2D eigenvalue weighted by atomic mass is 9.97. The third kappa shape index (κ3) is 2.77. The van der Waals surface area contributed by atoms with Crippen molar-refractivity contribution in [3.63, 3.8) is 0 Å². The lowest BCUT2D eigenvalue weighted by molar-refractivity contribution is -0.187. The van der Waals surface area contributed by atoms with Crippen LogP contribution in [0.15, 0.2) is 11.6 Å². The molecule has 1 aromatic carbocycles. The standard InChI is InChI=1S/C13H10ClF3O5/c14-9-8(4-19)6(3-18)1-5-2-7(12(20)21)11(13(15,16)17)22-10(5)9/h1-2,11,18-19H,3-4H2,(H,20,21). The number of alkyl halides is 3. The van der Waals surface area contributed by atoms with Gasteiger partial charge < -0.3 is 20.1 Å². The van der Waals surface area contributed by atoms with E-state index >= 15 is 0 Å². The minimum absolute atomic E-state index is 0.0100. The fourth-order valence-electron chi connectivity index (χ4n) is 2.13. The molecule has 1 aromatic rings. The molecule has 0 amide bonds. The first-order chi connectivity index (χ1) is 10.2. The summed E-state index contributed by atoms with van der Waals surface area (Å²) in [5, 5.41) is 27.1. The Bertz CT molecular complexity index is 654. The molecule has 2 rings (SSSR count). The second-order valence-electron chi connectivity index (χ2n) is 4.51. The normalized spacial score (nSPS) is 17.5. The van der Waals surface area contributed by atoms with Gasteiger partial charge >= 0.3 is 12.1 Å². The van der Waals surface area contributed by atoms with Crippen molar-refractivity contribution in [2.24, 2.45) is 0 Å². The van der Waals surface area contributed by atoms with Gasteiger partial charge in [0.05, 0.1) is 23.8 Å². The number of carboxylic acids is 1. The van der Waals surface area contributed by atoms with Crippen molar-refractivity contribution in [1.29, 1.82) is 0 Å². The minimum atomic E-state index is -4.94. The Morgan fingerprint density at radius 2 is 1.95 bits per heavy atom. The maximum absolute atomic E-state index is 12.9. The van der Waals surface area contributed by atoms with Gasteiger partial charge in [-0.3, -0.25) is 0 Å². The number of fused-ring (bicyclic) bond motifs is 1. The van der Waals surface area contributed by atoms with Crippen LogP contribution in [0.4, 0.5) is 13.2 Å². The molecule has 0 radical (unpaired) electrons.